The Morgan fingerprint density at radius 3 is 2.50 bits per heavy atom. The minimum absolute atomic E-state index is 0.353. The van der Waals surface area contributed by atoms with Gasteiger partial charge in [-0.3, -0.25) is 5.32 Å². The van der Waals surface area contributed by atoms with Crippen molar-refractivity contribution in [3.63, 3.8) is 0 Å². The number of urea groups is 1. The normalized spacial score (nSPS) is 10.1. The number of hydrogen-bond acceptors (Lipinski definition) is 5. The molecule has 0 atom stereocenters. The molecule has 1 heterocycles. The highest BCUT2D eigenvalue weighted by atomic mass is 16.5. The van der Waals surface area contributed by atoms with Gasteiger partial charge in [0.1, 0.15) is 5.76 Å². The van der Waals surface area contributed by atoms with E-state index >= 15 is 0 Å². The van der Waals surface area contributed by atoms with Crippen molar-refractivity contribution in [1.29, 1.82) is 0 Å². The van der Waals surface area contributed by atoms with E-state index in [0.29, 0.717) is 42.0 Å². The van der Waals surface area contributed by atoms with Gasteiger partial charge < -0.3 is 19.3 Å². The largest absolute Gasteiger partial charge is 0.490 e. The van der Waals surface area contributed by atoms with Crippen molar-refractivity contribution in [1.82, 2.24) is 5.16 Å². The second kappa shape index (κ2) is 7.35. The fraction of sp³-hybridized carbons (Fsp3) is 0.333. The van der Waals surface area contributed by atoms with E-state index in [0.717, 1.165) is 0 Å². The summed E-state index contributed by atoms with van der Waals surface area (Å²) in [7, 11) is 0. The van der Waals surface area contributed by atoms with Gasteiger partial charge in [0.15, 0.2) is 17.3 Å². The molecule has 0 fully saturated rings. The van der Waals surface area contributed by atoms with Crippen LogP contribution >= 0.6 is 0 Å². The molecule has 0 saturated carbocycles. The van der Waals surface area contributed by atoms with Gasteiger partial charge >= 0.3 is 6.03 Å². The second-order valence-electron chi connectivity index (χ2n) is 4.43. The fourth-order valence-corrected chi connectivity index (χ4v) is 1.83. The lowest BCUT2D eigenvalue weighted by Gasteiger charge is -2.13. The Hall–Kier alpha value is -2.70. The van der Waals surface area contributed by atoms with Crippen molar-refractivity contribution >= 4 is 17.5 Å². The molecule has 0 aliphatic heterocycles. The van der Waals surface area contributed by atoms with Crippen LogP contribution in [0.1, 0.15) is 19.6 Å². The van der Waals surface area contributed by atoms with Crippen molar-refractivity contribution in [3.8, 4) is 11.5 Å². The average molecular weight is 305 g/mol. The van der Waals surface area contributed by atoms with Crippen LogP contribution in [0.25, 0.3) is 0 Å². The molecule has 1 aromatic carbocycles. The summed E-state index contributed by atoms with van der Waals surface area (Å²) in [5.41, 5.74) is 0.588. The number of anilines is 2. The number of carbonyl (C=O) groups excluding carboxylic acids is 1. The number of hydrogen-bond donors (Lipinski definition) is 2. The third-order valence-corrected chi connectivity index (χ3v) is 2.67. The molecule has 2 rings (SSSR count). The van der Waals surface area contributed by atoms with Gasteiger partial charge in [-0.15, -0.1) is 0 Å². The lowest BCUT2D eigenvalue weighted by Crippen LogP contribution is -2.19. The third kappa shape index (κ3) is 4.15. The number of aryl methyl sites for hydroxylation is 1. The third-order valence-electron chi connectivity index (χ3n) is 2.67. The zero-order valence-corrected chi connectivity index (χ0v) is 12.8. The highest BCUT2D eigenvalue weighted by Crippen LogP contribution is 2.30. The lowest BCUT2D eigenvalue weighted by atomic mass is 10.2. The van der Waals surface area contributed by atoms with Gasteiger partial charge in [-0.2, -0.15) is 0 Å². The standard InChI is InChI=1S/C15H19N3O4/c1-4-20-12-7-6-11(9-13(12)21-5-2)16-15(19)17-14-8-10(3)22-18-14/h6-9H,4-5H2,1-3H3,(H2,16,17,18,19). The van der Waals surface area contributed by atoms with Crippen molar-refractivity contribution < 1.29 is 18.8 Å². The molecule has 0 aliphatic rings. The molecule has 7 nitrogen and oxygen atoms in total. The SMILES string of the molecule is CCOc1ccc(NC(=O)Nc2cc(C)on2)cc1OCC. The molecule has 0 saturated heterocycles. The van der Waals surface area contributed by atoms with Gasteiger partial charge in [-0.05, 0) is 32.9 Å². The van der Waals surface area contributed by atoms with Crippen LogP contribution in [0, 0.1) is 6.92 Å². The minimum atomic E-state index is -0.417. The first kappa shape index (κ1) is 15.7. The Bertz CT molecular complexity index is 639. The molecule has 2 amide bonds. The first-order valence-corrected chi connectivity index (χ1v) is 7.03. The number of nitrogens with one attached hydrogen (secondary N) is 2. The van der Waals surface area contributed by atoms with Gasteiger partial charge in [0.05, 0.1) is 13.2 Å². The monoisotopic (exact) mass is 305 g/mol. The predicted molar refractivity (Wildman–Crippen MR) is 82.7 cm³/mol. The molecule has 2 aromatic rings. The highest BCUT2D eigenvalue weighted by Gasteiger charge is 2.10. The van der Waals surface area contributed by atoms with Gasteiger partial charge in [0.25, 0.3) is 0 Å². The summed E-state index contributed by atoms with van der Waals surface area (Å²) in [5.74, 6) is 2.20. The first-order chi connectivity index (χ1) is 10.6. The summed E-state index contributed by atoms with van der Waals surface area (Å²) >= 11 is 0. The van der Waals surface area contributed by atoms with Crippen LogP contribution in [0.4, 0.5) is 16.3 Å². The summed E-state index contributed by atoms with van der Waals surface area (Å²) in [6.45, 7) is 6.58. The molecule has 0 spiro atoms. The van der Waals surface area contributed by atoms with E-state index < -0.39 is 6.03 Å². The van der Waals surface area contributed by atoms with Crippen LogP contribution in [0.2, 0.25) is 0 Å². The van der Waals surface area contributed by atoms with Gasteiger partial charge in [-0.1, -0.05) is 5.16 Å². The zero-order valence-electron chi connectivity index (χ0n) is 12.8. The van der Waals surface area contributed by atoms with E-state index in [-0.39, 0.29) is 0 Å². The van der Waals surface area contributed by atoms with Gasteiger partial charge in [0.2, 0.25) is 0 Å². The van der Waals surface area contributed by atoms with Crippen molar-refractivity contribution in [2.75, 3.05) is 23.8 Å². The molecule has 118 valence electrons. The number of aromatic nitrogens is 1. The Labute approximate surface area is 128 Å². The van der Waals surface area contributed by atoms with Gasteiger partial charge in [-0.25, -0.2) is 4.79 Å². The molecular weight excluding hydrogens is 286 g/mol. The topological polar surface area (TPSA) is 85.6 Å². The summed E-state index contributed by atoms with van der Waals surface area (Å²) in [4.78, 5) is 11.9. The highest BCUT2D eigenvalue weighted by molar-refractivity contribution is 5.99. The average Bonchev–Trinajstić information content (AvgIpc) is 2.87. The minimum Gasteiger partial charge on any atom is -0.490 e. The Balaban J connectivity index is 2.05. The molecule has 22 heavy (non-hydrogen) atoms. The van der Waals surface area contributed by atoms with E-state index in [2.05, 4.69) is 15.8 Å². The van der Waals surface area contributed by atoms with E-state index in [1.807, 2.05) is 13.8 Å². The van der Waals surface area contributed by atoms with E-state index in [1.54, 1.807) is 31.2 Å². The number of benzene rings is 1. The zero-order chi connectivity index (χ0) is 15.9. The number of nitrogens with zero attached hydrogens (tertiary/aromatic N) is 1. The number of ether oxygens (including phenoxy) is 2. The van der Waals surface area contributed by atoms with E-state index in [4.69, 9.17) is 14.0 Å². The Morgan fingerprint density at radius 1 is 1.14 bits per heavy atom. The summed E-state index contributed by atoms with van der Waals surface area (Å²) < 4.78 is 15.9. The van der Waals surface area contributed by atoms with Crippen LogP contribution in [0.15, 0.2) is 28.8 Å². The summed E-state index contributed by atoms with van der Waals surface area (Å²) in [5, 5.41) is 8.97. The maximum atomic E-state index is 11.9. The Kier molecular flexibility index (Phi) is 5.24. The molecule has 0 unspecified atom stereocenters. The smallest absolute Gasteiger partial charge is 0.324 e. The van der Waals surface area contributed by atoms with Crippen LogP contribution in [-0.4, -0.2) is 24.4 Å². The second-order valence-corrected chi connectivity index (χ2v) is 4.43. The molecular formula is C15H19N3O4. The number of carbonyl (C=O) groups is 1. The summed E-state index contributed by atoms with van der Waals surface area (Å²) in [6.07, 6.45) is 0. The molecule has 1 aromatic heterocycles. The maximum absolute atomic E-state index is 11.9. The summed E-state index contributed by atoms with van der Waals surface area (Å²) in [6, 6.07) is 6.41. The van der Waals surface area contributed by atoms with E-state index in [1.165, 1.54) is 0 Å². The fourth-order valence-electron chi connectivity index (χ4n) is 1.83. The molecule has 0 bridgehead atoms. The van der Waals surface area contributed by atoms with Crippen molar-refractivity contribution in [2.45, 2.75) is 20.8 Å². The number of amides is 2. The van der Waals surface area contributed by atoms with Crippen LogP contribution in [-0.2, 0) is 0 Å². The van der Waals surface area contributed by atoms with Crippen LogP contribution in [0.3, 0.4) is 0 Å². The van der Waals surface area contributed by atoms with Crippen LogP contribution in [0.5, 0.6) is 11.5 Å². The molecule has 7 heteroatoms. The Morgan fingerprint density at radius 2 is 1.86 bits per heavy atom. The molecule has 2 N–H and O–H groups in total. The molecule has 0 aliphatic carbocycles. The van der Waals surface area contributed by atoms with Crippen LogP contribution < -0.4 is 20.1 Å². The molecule has 0 radical (unpaired) electrons. The first-order valence-electron chi connectivity index (χ1n) is 7.03. The van der Waals surface area contributed by atoms with Crippen molar-refractivity contribution in [2.24, 2.45) is 0 Å². The lowest BCUT2D eigenvalue weighted by molar-refractivity contribution is 0.262. The quantitative estimate of drug-likeness (QED) is 0.854. The van der Waals surface area contributed by atoms with E-state index in [9.17, 15) is 4.79 Å². The number of rotatable bonds is 6. The predicted octanol–water partition coefficient (Wildman–Crippen LogP) is 3.42. The van der Waals surface area contributed by atoms with Crippen molar-refractivity contribution in [3.05, 3.63) is 30.0 Å². The van der Waals surface area contributed by atoms with Gasteiger partial charge in [0, 0.05) is 17.8 Å². The maximum Gasteiger partial charge on any atom is 0.324 e.